The average molecular weight is 343 g/mol. The van der Waals surface area contributed by atoms with Gasteiger partial charge in [0, 0.05) is 12.0 Å². The number of rotatable bonds is 7. The molecular formula is C20H25NO4. The summed E-state index contributed by atoms with van der Waals surface area (Å²) in [5.41, 5.74) is 0.119. The van der Waals surface area contributed by atoms with E-state index >= 15 is 0 Å². The van der Waals surface area contributed by atoms with Gasteiger partial charge >= 0.3 is 0 Å². The van der Waals surface area contributed by atoms with Crippen molar-refractivity contribution in [1.29, 1.82) is 0 Å². The number of hydrogen-bond donors (Lipinski definition) is 0. The molecule has 1 heterocycles. The molecule has 0 atom stereocenters. The molecular weight excluding hydrogens is 318 g/mol. The number of allylic oxidation sites excluding steroid dienone is 2. The molecule has 0 unspecified atom stereocenters. The number of Topliss-reactive ketones (excluding diaryl/α,β-unsaturated/α-hetero) is 1. The zero-order valence-corrected chi connectivity index (χ0v) is 15.3. The zero-order valence-electron chi connectivity index (χ0n) is 15.3. The highest BCUT2D eigenvalue weighted by Crippen LogP contribution is 2.35. The van der Waals surface area contributed by atoms with Gasteiger partial charge in [0.1, 0.15) is 11.5 Å². The van der Waals surface area contributed by atoms with Crippen LogP contribution in [0.25, 0.3) is 5.57 Å². The summed E-state index contributed by atoms with van der Waals surface area (Å²) < 4.78 is 11.1. The van der Waals surface area contributed by atoms with Gasteiger partial charge in [-0.05, 0) is 33.3 Å². The molecule has 1 aromatic rings. The number of nitrogens with zero attached hydrogens (tertiary/aromatic N) is 1. The van der Waals surface area contributed by atoms with Gasteiger partial charge in [0.15, 0.2) is 12.5 Å². The Morgan fingerprint density at radius 1 is 1.40 bits per heavy atom. The topological polar surface area (TPSA) is 55.8 Å². The van der Waals surface area contributed by atoms with Crippen LogP contribution in [0.4, 0.5) is 0 Å². The summed E-state index contributed by atoms with van der Waals surface area (Å²) >= 11 is 0. The lowest BCUT2D eigenvalue weighted by Gasteiger charge is -2.40. The summed E-state index contributed by atoms with van der Waals surface area (Å²) in [7, 11) is 1.56. The second-order valence-corrected chi connectivity index (χ2v) is 6.45. The Morgan fingerprint density at radius 3 is 2.72 bits per heavy atom. The predicted molar refractivity (Wildman–Crippen MR) is 96.9 cm³/mol. The third-order valence-electron chi connectivity index (χ3n) is 4.53. The highest BCUT2D eigenvalue weighted by Gasteiger charge is 2.41. The molecule has 0 saturated carbocycles. The molecule has 5 nitrogen and oxygen atoms in total. The van der Waals surface area contributed by atoms with Crippen LogP contribution in [0.15, 0.2) is 42.7 Å². The van der Waals surface area contributed by atoms with E-state index in [0.717, 1.165) is 0 Å². The van der Waals surface area contributed by atoms with Crippen LogP contribution >= 0.6 is 0 Å². The lowest BCUT2D eigenvalue weighted by atomic mass is 9.91. The van der Waals surface area contributed by atoms with Crippen LogP contribution in [-0.4, -0.2) is 36.0 Å². The van der Waals surface area contributed by atoms with Crippen molar-refractivity contribution in [3.8, 4) is 5.75 Å². The van der Waals surface area contributed by atoms with Crippen LogP contribution in [0.1, 0.15) is 39.2 Å². The van der Waals surface area contributed by atoms with E-state index in [1.54, 1.807) is 40.0 Å². The Kier molecular flexibility index (Phi) is 5.67. The van der Waals surface area contributed by atoms with Gasteiger partial charge in [-0.3, -0.25) is 14.5 Å². The zero-order chi connectivity index (χ0) is 18.6. The Balaban J connectivity index is 2.40. The summed E-state index contributed by atoms with van der Waals surface area (Å²) in [6.07, 6.45) is 2.62. The molecule has 0 aliphatic carbocycles. The quantitative estimate of drug-likeness (QED) is 0.711. The van der Waals surface area contributed by atoms with E-state index in [9.17, 15) is 9.59 Å². The number of amides is 1. The van der Waals surface area contributed by atoms with Crippen molar-refractivity contribution in [3.05, 3.63) is 48.2 Å². The molecule has 0 radical (unpaired) electrons. The van der Waals surface area contributed by atoms with Crippen molar-refractivity contribution in [2.75, 3.05) is 13.8 Å². The molecule has 2 rings (SSSR count). The number of carbonyl (C=O) groups excluding carboxylic acids is 2. The van der Waals surface area contributed by atoms with E-state index in [2.05, 4.69) is 6.58 Å². The largest absolute Gasteiger partial charge is 0.496 e. The highest BCUT2D eigenvalue weighted by molar-refractivity contribution is 6.22. The van der Waals surface area contributed by atoms with Crippen molar-refractivity contribution in [2.45, 2.75) is 39.2 Å². The van der Waals surface area contributed by atoms with Crippen molar-refractivity contribution in [3.63, 3.8) is 0 Å². The standard InChI is InChI=1S/C20H25NO4/c1-6-7-12-17(22)20(3,4)21-13-25-14(2)18(19(21)23)15-10-8-9-11-16(15)24-5/h6,8-11H,1,7,12-13H2,2-5H3. The smallest absolute Gasteiger partial charge is 0.261 e. The number of para-hydroxylation sites is 1. The van der Waals surface area contributed by atoms with Crippen molar-refractivity contribution in [2.24, 2.45) is 0 Å². The van der Waals surface area contributed by atoms with E-state index in [1.165, 1.54) is 4.90 Å². The first kappa shape index (κ1) is 18.8. The molecule has 5 heteroatoms. The summed E-state index contributed by atoms with van der Waals surface area (Å²) in [5, 5.41) is 0. The Labute approximate surface area is 148 Å². The van der Waals surface area contributed by atoms with Gasteiger partial charge in [0.2, 0.25) is 0 Å². The molecule has 0 fully saturated rings. The number of benzene rings is 1. The lowest BCUT2D eigenvalue weighted by molar-refractivity contribution is -0.148. The van der Waals surface area contributed by atoms with Crippen LogP contribution in [0.3, 0.4) is 0 Å². The Bertz CT molecular complexity index is 718. The molecule has 0 N–H and O–H groups in total. The average Bonchev–Trinajstić information content (AvgIpc) is 2.59. The summed E-state index contributed by atoms with van der Waals surface area (Å²) in [5.74, 6) is 0.861. The van der Waals surface area contributed by atoms with E-state index in [0.29, 0.717) is 35.5 Å². The maximum absolute atomic E-state index is 13.2. The van der Waals surface area contributed by atoms with Gasteiger partial charge in [-0.1, -0.05) is 24.3 Å². The molecule has 0 aromatic heterocycles. The van der Waals surface area contributed by atoms with E-state index in [-0.39, 0.29) is 18.4 Å². The first-order valence-corrected chi connectivity index (χ1v) is 8.27. The van der Waals surface area contributed by atoms with Crippen molar-refractivity contribution in [1.82, 2.24) is 4.90 Å². The fourth-order valence-corrected chi connectivity index (χ4v) is 2.84. The minimum atomic E-state index is -0.964. The second kappa shape index (κ2) is 7.55. The molecule has 1 aromatic carbocycles. The fraction of sp³-hybridized carbons (Fsp3) is 0.400. The molecule has 1 aliphatic heterocycles. The van der Waals surface area contributed by atoms with E-state index in [4.69, 9.17) is 9.47 Å². The molecule has 0 saturated heterocycles. The van der Waals surface area contributed by atoms with Crippen LogP contribution in [0, 0.1) is 0 Å². The third-order valence-corrected chi connectivity index (χ3v) is 4.53. The number of hydrogen-bond acceptors (Lipinski definition) is 4. The van der Waals surface area contributed by atoms with Gasteiger partial charge in [0.05, 0.1) is 18.2 Å². The number of ketones is 1. The van der Waals surface area contributed by atoms with Crippen LogP contribution in [-0.2, 0) is 14.3 Å². The maximum atomic E-state index is 13.2. The first-order valence-electron chi connectivity index (χ1n) is 8.27. The normalized spacial score (nSPS) is 15.0. The molecule has 25 heavy (non-hydrogen) atoms. The van der Waals surface area contributed by atoms with Crippen molar-refractivity contribution < 1.29 is 19.1 Å². The maximum Gasteiger partial charge on any atom is 0.261 e. The summed E-state index contributed by atoms with van der Waals surface area (Å²) in [4.78, 5) is 27.2. The molecule has 0 bridgehead atoms. The SMILES string of the molecule is C=CCCC(=O)C(C)(C)N1COC(C)=C(c2ccccc2OC)C1=O. The van der Waals surface area contributed by atoms with Gasteiger partial charge in [-0.25, -0.2) is 0 Å². The lowest BCUT2D eigenvalue weighted by Crippen LogP contribution is -2.55. The van der Waals surface area contributed by atoms with Gasteiger partial charge in [0.25, 0.3) is 5.91 Å². The minimum absolute atomic E-state index is 0.0247. The predicted octanol–water partition coefficient (Wildman–Crippen LogP) is 3.56. The molecule has 0 spiro atoms. The molecule has 1 aliphatic rings. The van der Waals surface area contributed by atoms with E-state index in [1.807, 2.05) is 18.2 Å². The van der Waals surface area contributed by atoms with Crippen LogP contribution in [0.5, 0.6) is 5.75 Å². The summed E-state index contributed by atoms with van der Waals surface area (Å²) in [6.45, 7) is 8.95. The minimum Gasteiger partial charge on any atom is -0.496 e. The highest BCUT2D eigenvalue weighted by atomic mass is 16.5. The van der Waals surface area contributed by atoms with Crippen LogP contribution in [0.2, 0.25) is 0 Å². The van der Waals surface area contributed by atoms with Crippen molar-refractivity contribution >= 4 is 17.3 Å². The van der Waals surface area contributed by atoms with Gasteiger partial charge in [-0.15, -0.1) is 6.58 Å². The van der Waals surface area contributed by atoms with Gasteiger partial charge in [-0.2, -0.15) is 0 Å². The number of methoxy groups -OCH3 is 1. The first-order chi connectivity index (χ1) is 11.8. The Hall–Kier alpha value is -2.56. The molecule has 134 valence electrons. The monoisotopic (exact) mass is 343 g/mol. The van der Waals surface area contributed by atoms with Crippen LogP contribution < -0.4 is 4.74 Å². The molecule has 1 amide bonds. The van der Waals surface area contributed by atoms with Gasteiger partial charge < -0.3 is 9.47 Å². The fourth-order valence-electron chi connectivity index (χ4n) is 2.84. The van der Waals surface area contributed by atoms with E-state index < -0.39 is 5.54 Å². The number of ether oxygens (including phenoxy) is 2. The summed E-state index contributed by atoms with van der Waals surface area (Å²) in [6, 6.07) is 7.29. The second-order valence-electron chi connectivity index (χ2n) is 6.45. The third kappa shape index (κ3) is 3.60. The number of carbonyl (C=O) groups is 2. The Morgan fingerprint density at radius 2 is 2.08 bits per heavy atom.